The lowest BCUT2D eigenvalue weighted by Gasteiger charge is -2.25. The van der Waals surface area contributed by atoms with E-state index in [9.17, 15) is 23.5 Å². The van der Waals surface area contributed by atoms with Gasteiger partial charge in [-0.05, 0) is 69.0 Å². The maximum atomic E-state index is 14.9. The zero-order valence-corrected chi connectivity index (χ0v) is 20.8. The molecule has 3 heterocycles. The van der Waals surface area contributed by atoms with Crippen molar-refractivity contribution >= 4 is 39.6 Å². The van der Waals surface area contributed by atoms with Gasteiger partial charge in [0.2, 0.25) is 0 Å². The normalized spacial score (nSPS) is 14.0. The first-order chi connectivity index (χ1) is 17.5. The molecule has 0 unspecified atom stereocenters. The maximum Gasteiger partial charge on any atom is 0.271 e. The third-order valence-electron chi connectivity index (χ3n) is 6.23. The quantitative estimate of drug-likeness (QED) is 0.287. The van der Waals surface area contributed by atoms with Crippen LogP contribution in [0.4, 0.5) is 19.6 Å². The molecule has 1 aromatic carbocycles. The summed E-state index contributed by atoms with van der Waals surface area (Å²) in [6, 6.07) is 6.83. The number of nitrogens with zero attached hydrogens (tertiary/aromatic N) is 3. The molecule has 37 heavy (non-hydrogen) atoms. The standard InChI is InChI=1S/C25H24F2N6O3S/c1-25(2,36)12-8-15(26)21(16(27)9-12)18-10-14(22(28)34)24(37-18)31-19-6-7-20-30-17(11-33(20)32-19)23(35)29-13-4-3-5-13/h6-11,13,36H,3-5H2,1-2H3,(H2,28,34)(H,29,35)(H,31,32). The summed E-state index contributed by atoms with van der Waals surface area (Å²) < 4.78 is 31.2. The van der Waals surface area contributed by atoms with Crippen molar-refractivity contribution in [2.45, 2.75) is 44.8 Å². The first kappa shape index (κ1) is 24.8. The van der Waals surface area contributed by atoms with Crippen LogP contribution in [-0.2, 0) is 5.60 Å². The van der Waals surface area contributed by atoms with E-state index in [1.54, 1.807) is 12.1 Å². The van der Waals surface area contributed by atoms with Crippen LogP contribution in [0, 0.1) is 11.6 Å². The van der Waals surface area contributed by atoms with E-state index in [-0.39, 0.29) is 44.2 Å². The Morgan fingerprint density at radius 3 is 2.49 bits per heavy atom. The summed E-state index contributed by atoms with van der Waals surface area (Å²) in [5.74, 6) is -2.54. The van der Waals surface area contributed by atoms with Crippen molar-refractivity contribution in [2.75, 3.05) is 5.32 Å². The first-order valence-corrected chi connectivity index (χ1v) is 12.4. The third kappa shape index (κ3) is 4.89. The van der Waals surface area contributed by atoms with Crippen LogP contribution < -0.4 is 16.4 Å². The maximum absolute atomic E-state index is 14.9. The van der Waals surface area contributed by atoms with E-state index in [2.05, 4.69) is 20.7 Å². The number of benzene rings is 1. The number of primary amides is 1. The fourth-order valence-electron chi connectivity index (χ4n) is 3.94. The molecule has 1 saturated carbocycles. The highest BCUT2D eigenvalue weighted by Gasteiger charge is 2.25. The molecule has 0 atom stereocenters. The predicted octanol–water partition coefficient (Wildman–Crippen LogP) is 4.09. The minimum Gasteiger partial charge on any atom is -0.386 e. The van der Waals surface area contributed by atoms with E-state index in [1.807, 2.05) is 0 Å². The van der Waals surface area contributed by atoms with Gasteiger partial charge in [0.1, 0.15) is 22.3 Å². The Bertz CT molecular complexity index is 1510. The van der Waals surface area contributed by atoms with Gasteiger partial charge in [-0.1, -0.05) is 0 Å². The SMILES string of the molecule is CC(C)(O)c1cc(F)c(-c2cc(C(N)=O)c(Nc3ccc4nc(C(=O)NC5CCC5)cn4n3)s2)c(F)c1. The number of amides is 2. The van der Waals surface area contributed by atoms with Gasteiger partial charge in [0, 0.05) is 10.9 Å². The summed E-state index contributed by atoms with van der Waals surface area (Å²) >= 11 is 0.925. The van der Waals surface area contributed by atoms with Gasteiger partial charge in [0.05, 0.1) is 22.9 Å². The molecular formula is C25H24F2N6O3S. The van der Waals surface area contributed by atoms with Gasteiger partial charge in [-0.2, -0.15) is 0 Å². The molecule has 2 amide bonds. The molecule has 1 aliphatic rings. The summed E-state index contributed by atoms with van der Waals surface area (Å²) in [4.78, 5) is 29.0. The number of hydrogen-bond donors (Lipinski definition) is 4. The van der Waals surface area contributed by atoms with Crippen LogP contribution in [-0.4, -0.2) is 37.6 Å². The Morgan fingerprint density at radius 2 is 1.89 bits per heavy atom. The second-order valence-corrected chi connectivity index (χ2v) is 10.5. The number of aromatic nitrogens is 3. The molecule has 0 saturated heterocycles. The lowest BCUT2D eigenvalue weighted by molar-refractivity contribution is 0.0778. The summed E-state index contributed by atoms with van der Waals surface area (Å²) in [5.41, 5.74) is 4.53. The Balaban J connectivity index is 1.45. The van der Waals surface area contributed by atoms with E-state index in [4.69, 9.17) is 5.73 Å². The van der Waals surface area contributed by atoms with Crippen LogP contribution in [0.2, 0.25) is 0 Å². The molecule has 9 nitrogen and oxygen atoms in total. The molecule has 0 bridgehead atoms. The number of imidazole rings is 1. The van der Waals surface area contributed by atoms with Gasteiger partial charge in [0.25, 0.3) is 11.8 Å². The molecule has 0 radical (unpaired) electrons. The number of fused-ring (bicyclic) bond motifs is 1. The van der Waals surface area contributed by atoms with Gasteiger partial charge < -0.3 is 21.5 Å². The van der Waals surface area contributed by atoms with E-state index >= 15 is 0 Å². The molecule has 0 spiro atoms. The highest BCUT2D eigenvalue weighted by atomic mass is 32.1. The fraction of sp³-hybridized carbons (Fsp3) is 0.280. The average Bonchev–Trinajstić information content (AvgIpc) is 3.39. The predicted molar refractivity (Wildman–Crippen MR) is 135 cm³/mol. The lowest BCUT2D eigenvalue weighted by atomic mass is 9.93. The van der Waals surface area contributed by atoms with Gasteiger partial charge in [-0.15, -0.1) is 16.4 Å². The Morgan fingerprint density at radius 1 is 1.19 bits per heavy atom. The van der Waals surface area contributed by atoms with Gasteiger partial charge in [-0.3, -0.25) is 9.59 Å². The van der Waals surface area contributed by atoms with Crippen molar-refractivity contribution in [1.29, 1.82) is 0 Å². The van der Waals surface area contributed by atoms with Crippen LogP contribution >= 0.6 is 11.3 Å². The number of hydrogen-bond acceptors (Lipinski definition) is 7. The number of aliphatic hydroxyl groups is 1. The largest absolute Gasteiger partial charge is 0.386 e. The third-order valence-corrected chi connectivity index (χ3v) is 7.30. The zero-order chi connectivity index (χ0) is 26.5. The van der Waals surface area contributed by atoms with Crippen molar-refractivity contribution in [3.05, 3.63) is 65.0 Å². The Hall–Kier alpha value is -3.90. The molecule has 192 valence electrons. The number of nitrogens with one attached hydrogen (secondary N) is 2. The minimum absolute atomic E-state index is 0.0263. The number of rotatable bonds is 7. The molecule has 5 rings (SSSR count). The van der Waals surface area contributed by atoms with Crippen molar-refractivity contribution in [3.63, 3.8) is 0 Å². The topological polar surface area (TPSA) is 135 Å². The van der Waals surface area contributed by atoms with Crippen molar-refractivity contribution < 1.29 is 23.5 Å². The monoisotopic (exact) mass is 526 g/mol. The van der Waals surface area contributed by atoms with Crippen LogP contribution in [0.15, 0.2) is 36.5 Å². The van der Waals surface area contributed by atoms with Gasteiger partial charge in [-0.25, -0.2) is 18.3 Å². The molecule has 12 heteroatoms. The van der Waals surface area contributed by atoms with E-state index in [0.29, 0.717) is 11.5 Å². The van der Waals surface area contributed by atoms with Crippen LogP contribution in [0.1, 0.15) is 59.5 Å². The highest BCUT2D eigenvalue weighted by Crippen LogP contribution is 2.40. The summed E-state index contributed by atoms with van der Waals surface area (Å²) in [7, 11) is 0. The van der Waals surface area contributed by atoms with Crippen molar-refractivity contribution in [3.8, 4) is 10.4 Å². The number of carbonyl (C=O) groups is 2. The number of halogens is 2. The van der Waals surface area contributed by atoms with Crippen molar-refractivity contribution in [2.24, 2.45) is 5.73 Å². The molecule has 0 aliphatic heterocycles. The average molecular weight is 527 g/mol. The van der Waals surface area contributed by atoms with Crippen LogP contribution in [0.3, 0.4) is 0 Å². The molecule has 3 aromatic heterocycles. The van der Waals surface area contributed by atoms with Gasteiger partial charge >= 0.3 is 0 Å². The van der Waals surface area contributed by atoms with E-state index in [1.165, 1.54) is 30.6 Å². The smallest absolute Gasteiger partial charge is 0.271 e. The zero-order valence-electron chi connectivity index (χ0n) is 20.0. The molecule has 1 aliphatic carbocycles. The van der Waals surface area contributed by atoms with E-state index < -0.39 is 23.1 Å². The number of nitrogens with two attached hydrogens (primary N) is 1. The number of thiophene rings is 1. The Labute approximate surface area is 214 Å². The van der Waals surface area contributed by atoms with Crippen LogP contribution in [0.5, 0.6) is 0 Å². The molecular weight excluding hydrogens is 502 g/mol. The highest BCUT2D eigenvalue weighted by molar-refractivity contribution is 7.20. The summed E-state index contributed by atoms with van der Waals surface area (Å²) in [5, 5.41) is 20.6. The van der Waals surface area contributed by atoms with Gasteiger partial charge in [0.15, 0.2) is 11.5 Å². The fourth-order valence-corrected chi connectivity index (χ4v) is 5.06. The number of anilines is 2. The second kappa shape index (κ2) is 9.20. The van der Waals surface area contributed by atoms with E-state index in [0.717, 1.165) is 42.7 Å². The number of carbonyl (C=O) groups excluding carboxylic acids is 2. The summed E-state index contributed by atoms with van der Waals surface area (Å²) in [6.45, 7) is 2.85. The first-order valence-electron chi connectivity index (χ1n) is 11.6. The molecule has 5 N–H and O–H groups in total. The minimum atomic E-state index is -1.43. The molecule has 1 fully saturated rings. The summed E-state index contributed by atoms with van der Waals surface area (Å²) in [6.07, 6.45) is 4.50. The Kier molecular flexibility index (Phi) is 6.16. The lowest BCUT2D eigenvalue weighted by Crippen LogP contribution is -2.39. The second-order valence-electron chi connectivity index (χ2n) is 9.47. The van der Waals surface area contributed by atoms with Crippen LogP contribution in [0.25, 0.3) is 16.1 Å². The molecule has 4 aromatic rings. The van der Waals surface area contributed by atoms with Crippen molar-refractivity contribution in [1.82, 2.24) is 19.9 Å².